The lowest BCUT2D eigenvalue weighted by atomic mass is 10.0. The smallest absolute Gasteiger partial charge is 0.0902 e. The summed E-state index contributed by atoms with van der Waals surface area (Å²) in [6.45, 7) is 46.6. The molecule has 0 amide bonds. The van der Waals surface area contributed by atoms with E-state index in [-0.39, 0.29) is 0 Å². The van der Waals surface area contributed by atoms with Crippen LogP contribution in [0.15, 0.2) is 179 Å². The summed E-state index contributed by atoms with van der Waals surface area (Å²) in [7, 11) is 0. The molecule has 7 aromatic rings. The molecule has 0 aliphatic carbocycles. The zero-order valence-corrected chi connectivity index (χ0v) is 47.6. The molecule has 7 heteroatoms. The van der Waals surface area contributed by atoms with Crippen LogP contribution >= 0.6 is 11.3 Å². The summed E-state index contributed by atoms with van der Waals surface area (Å²) >= 11 is 1.71. The molecule has 0 N–H and O–H groups in total. The Morgan fingerprint density at radius 3 is 1.04 bits per heavy atom. The normalized spacial score (nSPS) is 10.4. The number of benzene rings is 2. The van der Waals surface area contributed by atoms with Crippen molar-refractivity contribution in [3.8, 4) is 0 Å². The average molecular weight is 949 g/mol. The Labute approximate surface area is 422 Å². The van der Waals surface area contributed by atoms with Crippen molar-refractivity contribution in [3.63, 3.8) is 0 Å². The Bertz CT molecular complexity index is 1680. The van der Waals surface area contributed by atoms with Crippen LogP contribution in [-0.2, 0) is 0 Å². The number of aromatic nitrogens is 4. The molecule has 0 atom stereocenters. The number of fused-ring (bicyclic) bond motifs is 2. The van der Waals surface area contributed by atoms with Crippen LogP contribution in [0, 0.1) is 34.0 Å². The highest BCUT2D eigenvalue weighted by molar-refractivity contribution is 7.07. The summed E-state index contributed by atoms with van der Waals surface area (Å²) in [6.07, 6.45) is 17.7. The predicted octanol–water partition coefficient (Wildman–Crippen LogP) is 19.7. The van der Waals surface area contributed by atoms with Crippen molar-refractivity contribution < 1.29 is 4.42 Å². The zero-order chi connectivity index (χ0) is 52.7. The Kier molecular flexibility index (Phi) is 46.4. The molecular formula is C61H97N5OS. The number of allylic oxidation sites excluding steroid dienone is 1. The molecule has 6 heterocycles. The molecule has 0 unspecified atom stereocenters. The van der Waals surface area contributed by atoms with Crippen LogP contribution in [-0.4, -0.2) is 32.7 Å². The van der Waals surface area contributed by atoms with E-state index in [1.165, 1.54) is 5.39 Å². The zero-order valence-electron chi connectivity index (χ0n) is 46.7. The third-order valence-electron chi connectivity index (χ3n) is 4.84. The van der Waals surface area contributed by atoms with Crippen LogP contribution in [0.5, 0.6) is 0 Å². The SMILES string of the molecule is C1=CCN=C1.CC(C)(C)C.CC(C)(C)C.CC(C)(C)C.CC(C)C.CC(C)C.CC(C)C.c1ccc2ncccc2c1.c1ccc2nccnc2c1.c1ccncc1.c1ccoc1.c1ccsc1. The molecular weight excluding hydrogens is 851 g/mol. The van der Waals surface area contributed by atoms with Crippen LogP contribution in [0.2, 0.25) is 0 Å². The molecule has 0 bridgehead atoms. The Morgan fingerprint density at radius 2 is 0.794 bits per heavy atom. The highest BCUT2D eigenvalue weighted by Crippen LogP contribution is 2.10. The lowest BCUT2D eigenvalue weighted by Crippen LogP contribution is -1.93. The van der Waals surface area contributed by atoms with E-state index in [4.69, 9.17) is 0 Å². The van der Waals surface area contributed by atoms with E-state index in [1.54, 1.807) is 54.9 Å². The van der Waals surface area contributed by atoms with Gasteiger partial charge < -0.3 is 4.42 Å². The number of pyridine rings is 2. The first-order valence-corrected chi connectivity index (χ1v) is 25.0. The second-order valence-electron chi connectivity index (χ2n) is 22.0. The van der Waals surface area contributed by atoms with Crippen LogP contribution in [0.4, 0.5) is 0 Å². The summed E-state index contributed by atoms with van der Waals surface area (Å²) in [5.74, 6) is 2.50. The van der Waals surface area contributed by atoms with Gasteiger partial charge in [0.25, 0.3) is 0 Å². The quantitative estimate of drug-likeness (QED) is 0.151. The molecule has 0 saturated heterocycles. The second-order valence-corrected chi connectivity index (χ2v) is 22.8. The lowest BCUT2D eigenvalue weighted by Gasteiger charge is -2.05. The first kappa shape index (κ1) is 69.3. The molecule has 1 aliphatic heterocycles. The van der Waals surface area contributed by atoms with Gasteiger partial charge in [-0.05, 0) is 99.4 Å². The maximum absolute atomic E-state index is 4.58. The van der Waals surface area contributed by atoms with E-state index in [9.17, 15) is 0 Å². The standard InChI is InChI=1S/C9H7N.C8H6N2.C5H5N.3C5H12.C4H5N.C4H4O.C4H4S.3C4H10/c1-2-6-9-8(4-1)5-3-7-10-9;1-2-4-8-7(3-1)9-5-6-10-8;1-2-4-6-5-3-1;3*1-5(2,3)4;3*1-2-4-5-3-1;3*1-4(2)3/h1-7H;1-6H;1-5H;3*1-4H3;1-3H,4H2;2*1-4H;3*4H,1-3H3. The van der Waals surface area contributed by atoms with Crippen molar-refractivity contribution in [3.05, 3.63) is 170 Å². The van der Waals surface area contributed by atoms with Gasteiger partial charge in [0.15, 0.2) is 0 Å². The fourth-order valence-electron chi connectivity index (χ4n) is 3.00. The van der Waals surface area contributed by atoms with Crippen LogP contribution in [0.1, 0.15) is 145 Å². The lowest BCUT2D eigenvalue weighted by molar-refractivity contribution is 0.469. The third kappa shape index (κ3) is 81.0. The minimum Gasteiger partial charge on any atom is -0.473 e. The predicted molar refractivity (Wildman–Crippen MR) is 308 cm³/mol. The molecule has 8 rings (SSSR count). The minimum absolute atomic E-state index is 0.500. The van der Waals surface area contributed by atoms with Crippen LogP contribution in [0.25, 0.3) is 21.9 Å². The van der Waals surface area contributed by atoms with E-state index in [1.807, 2.05) is 120 Å². The number of rotatable bonds is 0. The molecule has 2 aromatic carbocycles. The topological polar surface area (TPSA) is 77.1 Å². The molecule has 0 saturated carbocycles. The van der Waals surface area contributed by atoms with E-state index in [0.717, 1.165) is 40.8 Å². The highest BCUT2D eigenvalue weighted by Gasteiger charge is 1.96. The van der Waals surface area contributed by atoms with Crippen molar-refractivity contribution in [2.45, 2.75) is 145 Å². The van der Waals surface area contributed by atoms with Crippen LogP contribution < -0.4 is 0 Å². The number of hydrogen-bond acceptors (Lipinski definition) is 7. The van der Waals surface area contributed by atoms with E-state index in [0.29, 0.717) is 16.2 Å². The minimum atomic E-state index is 0.500. The van der Waals surface area contributed by atoms with Gasteiger partial charge in [-0.25, -0.2) is 0 Å². The van der Waals surface area contributed by atoms with Gasteiger partial charge in [0, 0.05) is 42.6 Å². The van der Waals surface area contributed by atoms with Crippen molar-refractivity contribution >= 4 is 39.5 Å². The monoisotopic (exact) mass is 948 g/mol. The number of nitrogens with zero attached hydrogens (tertiary/aromatic N) is 5. The maximum Gasteiger partial charge on any atom is 0.0902 e. The summed E-state index contributed by atoms with van der Waals surface area (Å²) in [5.41, 5.74) is 4.46. The van der Waals surface area contributed by atoms with Gasteiger partial charge >= 0.3 is 0 Å². The first-order valence-electron chi connectivity index (χ1n) is 24.0. The Balaban J connectivity index is -0.000000334. The summed E-state index contributed by atoms with van der Waals surface area (Å²) < 4.78 is 4.58. The van der Waals surface area contributed by atoms with Gasteiger partial charge in [0.05, 0.1) is 35.6 Å². The molecule has 6 nitrogen and oxygen atoms in total. The molecule has 0 radical (unpaired) electrons. The van der Waals surface area contributed by atoms with Crippen molar-refractivity contribution in [1.82, 2.24) is 19.9 Å². The molecule has 68 heavy (non-hydrogen) atoms. The van der Waals surface area contributed by atoms with E-state index >= 15 is 0 Å². The van der Waals surface area contributed by atoms with Crippen LogP contribution in [0.3, 0.4) is 0 Å². The average Bonchev–Trinajstić information content (AvgIpc) is 4.09. The van der Waals surface area contributed by atoms with Gasteiger partial charge in [-0.1, -0.05) is 206 Å². The van der Waals surface area contributed by atoms with Gasteiger partial charge in [-0.3, -0.25) is 24.9 Å². The Morgan fingerprint density at radius 1 is 0.426 bits per heavy atom. The van der Waals surface area contributed by atoms with E-state index in [2.05, 4.69) is 187 Å². The summed E-state index contributed by atoms with van der Waals surface area (Å²) in [5, 5.41) is 5.28. The molecule has 378 valence electrons. The maximum atomic E-state index is 4.58. The molecule has 0 spiro atoms. The number of aliphatic imine (C=N–C) groups is 1. The van der Waals surface area contributed by atoms with Crippen molar-refractivity contribution in [1.29, 1.82) is 0 Å². The third-order valence-corrected chi connectivity index (χ3v) is 5.47. The molecule has 5 aromatic heterocycles. The Hall–Kier alpha value is -5.27. The summed E-state index contributed by atoms with van der Waals surface area (Å²) in [4.78, 5) is 20.1. The van der Waals surface area contributed by atoms with Gasteiger partial charge in [-0.2, -0.15) is 11.3 Å². The molecule has 1 aliphatic rings. The number of furan rings is 1. The van der Waals surface area contributed by atoms with Crippen molar-refractivity contribution in [2.24, 2.45) is 39.0 Å². The second kappa shape index (κ2) is 45.5. The van der Waals surface area contributed by atoms with Crippen molar-refractivity contribution in [2.75, 3.05) is 6.54 Å². The largest absolute Gasteiger partial charge is 0.473 e. The summed E-state index contributed by atoms with van der Waals surface area (Å²) in [6, 6.07) is 33.3. The number of para-hydroxylation sites is 3. The fourth-order valence-corrected chi connectivity index (χ4v) is 3.45. The van der Waals surface area contributed by atoms with Gasteiger partial charge in [0.1, 0.15) is 0 Å². The molecule has 0 fully saturated rings. The van der Waals surface area contributed by atoms with E-state index < -0.39 is 0 Å². The fraction of sp³-hybridized carbons (Fsp3) is 0.459. The number of hydrogen-bond donors (Lipinski definition) is 0. The highest BCUT2D eigenvalue weighted by atomic mass is 32.1. The van der Waals surface area contributed by atoms with Gasteiger partial charge in [0.2, 0.25) is 0 Å². The number of thiophene rings is 1. The van der Waals surface area contributed by atoms with Gasteiger partial charge in [-0.15, -0.1) is 0 Å². The first-order chi connectivity index (χ1) is 31.6.